The fraction of sp³-hybridized carbons (Fsp3) is 0.625. The van der Waals surface area contributed by atoms with Gasteiger partial charge in [0.05, 0.1) is 0 Å². The molecule has 0 spiro atoms. The minimum absolute atomic E-state index is 0.0516. The Morgan fingerprint density at radius 1 is 1.29 bits per heavy atom. The Bertz CT molecular complexity index is 452. The molecule has 2 N–H and O–H groups in total. The first-order valence-electron chi connectivity index (χ1n) is 7.57. The summed E-state index contributed by atoms with van der Waals surface area (Å²) in [4.78, 5) is 1.71. The summed E-state index contributed by atoms with van der Waals surface area (Å²) in [6.07, 6.45) is 2.86. The van der Waals surface area contributed by atoms with Crippen molar-refractivity contribution in [3.63, 3.8) is 0 Å². The number of hydrogen-bond donors (Lipinski definition) is 1. The molecule has 0 saturated carbocycles. The van der Waals surface area contributed by atoms with Crippen molar-refractivity contribution in [3.05, 3.63) is 29.3 Å². The first kappa shape index (κ1) is 16.2. The van der Waals surface area contributed by atoms with Crippen molar-refractivity contribution in [2.45, 2.75) is 44.7 Å². The summed E-state index contributed by atoms with van der Waals surface area (Å²) in [5.74, 6) is -1.02. The second-order valence-corrected chi connectivity index (χ2v) is 5.73. The van der Waals surface area contributed by atoms with Gasteiger partial charge in [-0.15, -0.1) is 0 Å². The van der Waals surface area contributed by atoms with Gasteiger partial charge in [0, 0.05) is 32.3 Å². The molecule has 0 amide bonds. The van der Waals surface area contributed by atoms with Crippen molar-refractivity contribution in [2.75, 3.05) is 25.2 Å². The van der Waals surface area contributed by atoms with Gasteiger partial charge in [0.25, 0.3) is 0 Å². The van der Waals surface area contributed by atoms with Gasteiger partial charge in [-0.2, -0.15) is 0 Å². The summed E-state index contributed by atoms with van der Waals surface area (Å²) in [6.45, 7) is 3.24. The molecule has 1 fully saturated rings. The van der Waals surface area contributed by atoms with E-state index in [4.69, 9.17) is 10.5 Å². The smallest absolute Gasteiger partial charge is 0.149 e. The number of benzene rings is 1. The van der Waals surface area contributed by atoms with Crippen LogP contribution in [0, 0.1) is 11.6 Å². The minimum Gasteiger partial charge on any atom is -0.381 e. The monoisotopic (exact) mass is 298 g/mol. The molecule has 0 bridgehead atoms. The number of nitrogens with zero attached hydrogens (tertiary/aromatic N) is 1. The van der Waals surface area contributed by atoms with E-state index in [1.807, 2.05) is 6.92 Å². The molecule has 1 aliphatic heterocycles. The van der Waals surface area contributed by atoms with Gasteiger partial charge in [0.2, 0.25) is 0 Å². The standard InChI is InChI=1S/C16H24F2N2O/c1-3-12(19)8-11-9-14(17)16(15(18)10-11)20(2)13-4-6-21-7-5-13/h9-10,12-13H,3-8,19H2,1-2H3. The summed E-state index contributed by atoms with van der Waals surface area (Å²) in [6, 6.07) is 2.86. The Kier molecular flexibility index (Phi) is 5.53. The van der Waals surface area contributed by atoms with Crippen LogP contribution in [0.2, 0.25) is 0 Å². The van der Waals surface area contributed by atoms with E-state index in [1.54, 1.807) is 11.9 Å². The fourth-order valence-electron chi connectivity index (χ4n) is 2.77. The molecule has 1 saturated heterocycles. The van der Waals surface area contributed by atoms with Crippen LogP contribution in [0.25, 0.3) is 0 Å². The van der Waals surface area contributed by atoms with Crippen molar-refractivity contribution in [1.82, 2.24) is 0 Å². The highest BCUT2D eigenvalue weighted by molar-refractivity contribution is 5.51. The van der Waals surface area contributed by atoms with Crippen molar-refractivity contribution in [3.8, 4) is 0 Å². The first-order chi connectivity index (χ1) is 10.0. The highest BCUT2D eigenvalue weighted by Gasteiger charge is 2.24. The summed E-state index contributed by atoms with van der Waals surface area (Å²) >= 11 is 0. The number of rotatable bonds is 5. The Balaban J connectivity index is 2.19. The van der Waals surface area contributed by atoms with Crippen LogP contribution in [0.3, 0.4) is 0 Å². The minimum atomic E-state index is -0.512. The van der Waals surface area contributed by atoms with Gasteiger partial charge in [-0.25, -0.2) is 8.78 Å². The summed E-state index contributed by atoms with van der Waals surface area (Å²) < 4.78 is 33.9. The van der Waals surface area contributed by atoms with Crippen LogP contribution in [0.5, 0.6) is 0 Å². The first-order valence-corrected chi connectivity index (χ1v) is 7.57. The van der Waals surface area contributed by atoms with Crippen LogP contribution < -0.4 is 10.6 Å². The zero-order chi connectivity index (χ0) is 15.4. The summed E-state index contributed by atoms with van der Waals surface area (Å²) in [5, 5.41) is 0. The van der Waals surface area contributed by atoms with Crippen molar-refractivity contribution in [1.29, 1.82) is 0 Å². The van der Waals surface area contributed by atoms with Crippen LogP contribution >= 0.6 is 0 Å². The van der Waals surface area contributed by atoms with Crippen molar-refractivity contribution in [2.24, 2.45) is 5.73 Å². The second kappa shape index (κ2) is 7.18. The number of ether oxygens (including phenoxy) is 1. The largest absolute Gasteiger partial charge is 0.381 e. The number of nitrogens with two attached hydrogens (primary N) is 1. The molecule has 1 unspecified atom stereocenters. The van der Waals surface area contributed by atoms with E-state index in [1.165, 1.54) is 12.1 Å². The van der Waals surface area contributed by atoms with Crippen molar-refractivity contribution >= 4 is 5.69 Å². The molecule has 1 aliphatic rings. The molecular formula is C16H24F2N2O. The predicted octanol–water partition coefficient (Wildman–Crippen LogP) is 2.86. The number of hydrogen-bond acceptors (Lipinski definition) is 3. The molecule has 3 nitrogen and oxygen atoms in total. The van der Waals surface area contributed by atoms with Gasteiger partial charge in [-0.1, -0.05) is 6.92 Å². The van der Waals surface area contributed by atoms with Gasteiger partial charge in [0.1, 0.15) is 17.3 Å². The lowest BCUT2D eigenvalue weighted by atomic mass is 10.0. The lowest BCUT2D eigenvalue weighted by Gasteiger charge is -2.33. The van der Waals surface area contributed by atoms with E-state index >= 15 is 0 Å². The predicted molar refractivity (Wildman–Crippen MR) is 80.6 cm³/mol. The lowest BCUT2D eigenvalue weighted by Crippen LogP contribution is -2.37. The van der Waals surface area contributed by atoms with E-state index in [9.17, 15) is 8.78 Å². The number of anilines is 1. The molecule has 2 rings (SSSR count). The third-order valence-corrected chi connectivity index (χ3v) is 4.19. The normalized spacial score (nSPS) is 17.8. The molecule has 1 atom stereocenters. The van der Waals surface area contributed by atoms with Crippen molar-refractivity contribution < 1.29 is 13.5 Å². The maximum absolute atomic E-state index is 14.3. The Labute approximate surface area is 125 Å². The maximum Gasteiger partial charge on any atom is 0.149 e. The zero-order valence-electron chi connectivity index (χ0n) is 12.7. The Morgan fingerprint density at radius 3 is 2.38 bits per heavy atom. The topological polar surface area (TPSA) is 38.5 Å². The quantitative estimate of drug-likeness (QED) is 0.908. The zero-order valence-corrected chi connectivity index (χ0v) is 12.7. The SMILES string of the molecule is CCC(N)Cc1cc(F)c(N(C)C2CCOCC2)c(F)c1. The summed E-state index contributed by atoms with van der Waals surface area (Å²) in [5.41, 5.74) is 6.52. The molecule has 0 aliphatic carbocycles. The fourth-order valence-corrected chi connectivity index (χ4v) is 2.77. The highest BCUT2D eigenvalue weighted by atomic mass is 19.1. The van der Waals surface area contributed by atoms with E-state index in [2.05, 4.69) is 0 Å². The molecule has 1 aromatic carbocycles. The van der Waals surface area contributed by atoms with Crippen LogP contribution in [0.1, 0.15) is 31.7 Å². The molecule has 5 heteroatoms. The van der Waals surface area contributed by atoms with E-state index in [0.717, 1.165) is 19.3 Å². The molecule has 1 heterocycles. The second-order valence-electron chi connectivity index (χ2n) is 5.73. The average molecular weight is 298 g/mol. The average Bonchev–Trinajstić information content (AvgIpc) is 2.47. The van der Waals surface area contributed by atoms with Crippen LogP contribution in [0.4, 0.5) is 14.5 Å². The molecule has 118 valence electrons. The summed E-state index contributed by atoms with van der Waals surface area (Å²) in [7, 11) is 1.74. The highest BCUT2D eigenvalue weighted by Crippen LogP contribution is 2.28. The Hall–Kier alpha value is -1.20. The lowest BCUT2D eigenvalue weighted by molar-refractivity contribution is 0.0852. The van der Waals surface area contributed by atoms with Gasteiger partial charge in [0.15, 0.2) is 0 Å². The number of halogens is 2. The van der Waals surface area contributed by atoms with Gasteiger partial charge in [-0.3, -0.25) is 0 Å². The van der Waals surface area contributed by atoms with Gasteiger partial charge < -0.3 is 15.4 Å². The molecule has 21 heavy (non-hydrogen) atoms. The molecular weight excluding hydrogens is 274 g/mol. The Morgan fingerprint density at radius 2 is 1.86 bits per heavy atom. The molecule has 0 radical (unpaired) electrons. The van der Waals surface area contributed by atoms with E-state index in [-0.39, 0.29) is 17.8 Å². The van der Waals surface area contributed by atoms with E-state index < -0.39 is 11.6 Å². The van der Waals surface area contributed by atoms with Gasteiger partial charge in [-0.05, 0) is 43.4 Å². The third-order valence-electron chi connectivity index (χ3n) is 4.19. The maximum atomic E-state index is 14.3. The molecule has 1 aromatic rings. The molecule has 0 aromatic heterocycles. The van der Waals surface area contributed by atoms with Crippen LogP contribution in [-0.4, -0.2) is 32.3 Å². The van der Waals surface area contributed by atoms with Gasteiger partial charge >= 0.3 is 0 Å². The van der Waals surface area contributed by atoms with Crippen LogP contribution in [-0.2, 0) is 11.2 Å². The third kappa shape index (κ3) is 3.92. The van der Waals surface area contributed by atoms with Crippen LogP contribution in [0.15, 0.2) is 12.1 Å². The van der Waals surface area contributed by atoms with E-state index in [0.29, 0.717) is 25.2 Å².